The van der Waals surface area contributed by atoms with Crippen LogP contribution in [-0.4, -0.2) is 30.4 Å². The van der Waals surface area contributed by atoms with Crippen molar-refractivity contribution in [1.29, 1.82) is 0 Å². The number of phenolic OH excluding ortho intramolecular Hbond substituents is 1. The molecule has 16 heavy (non-hydrogen) atoms. The number of aromatic hydroxyl groups is 1. The lowest BCUT2D eigenvalue weighted by atomic mass is 10.1. The van der Waals surface area contributed by atoms with E-state index in [-0.39, 0.29) is 17.2 Å². The van der Waals surface area contributed by atoms with E-state index >= 15 is 0 Å². The zero-order chi connectivity index (χ0) is 12.1. The predicted molar refractivity (Wildman–Crippen MR) is 57.9 cm³/mol. The van der Waals surface area contributed by atoms with E-state index in [0.717, 1.165) is 6.08 Å². The molecule has 0 aliphatic carbocycles. The van der Waals surface area contributed by atoms with Crippen molar-refractivity contribution in [2.45, 2.75) is 0 Å². The highest BCUT2D eigenvalue weighted by Gasteiger charge is 2.12. The maximum atomic E-state index is 10.4. The average molecular weight is 224 g/mol. The van der Waals surface area contributed by atoms with E-state index in [2.05, 4.69) is 0 Å². The van der Waals surface area contributed by atoms with Gasteiger partial charge in [0.2, 0.25) is 5.75 Å². The van der Waals surface area contributed by atoms with Gasteiger partial charge in [-0.15, -0.1) is 0 Å². The normalized spacial score (nSPS) is 10.4. The summed E-state index contributed by atoms with van der Waals surface area (Å²) in [6.45, 7) is 0. The van der Waals surface area contributed by atoms with Gasteiger partial charge in [-0.2, -0.15) is 0 Å². The average Bonchev–Trinajstić information content (AvgIpc) is 2.26. The molecule has 5 heteroatoms. The minimum Gasteiger partial charge on any atom is -0.502 e. The van der Waals surface area contributed by atoms with Gasteiger partial charge in [0.05, 0.1) is 14.2 Å². The van der Waals surface area contributed by atoms with Gasteiger partial charge in [0, 0.05) is 11.6 Å². The van der Waals surface area contributed by atoms with Crippen molar-refractivity contribution in [3.05, 3.63) is 23.8 Å². The Bertz CT molecular complexity index is 423. The quantitative estimate of drug-likeness (QED) is 0.758. The third kappa shape index (κ3) is 2.44. The Morgan fingerprint density at radius 1 is 1.31 bits per heavy atom. The van der Waals surface area contributed by atoms with Crippen LogP contribution < -0.4 is 9.47 Å². The van der Waals surface area contributed by atoms with Gasteiger partial charge in [0.25, 0.3) is 0 Å². The van der Waals surface area contributed by atoms with E-state index < -0.39 is 5.97 Å². The number of carboxylic acids is 1. The molecule has 0 aliphatic rings. The molecule has 0 spiro atoms. The molecular weight excluding hydrogens is 212 g/mol. The Morgan fingerprint density at radius 2 is 2.00 bits per heavy atom. The number of rotatable bonds is 4. The second-order valence-corrected chi connectivity index (χ2v) is 2.91. The van der Waals surface area contributed by atoms with Gasteiger partial charge in [0.1, 0.15) is 0 Å². The minimum atomic E-state index is -1.07. The van der Waals surface area contributed by atoms with E-state index in [4.69, 9.17) is 14.6 Å². The summed E-state index contributed by atoms with van der Waals surface area (Å²) in [4.78, 5) is 10.4. The van der Waals surface area contributed by atoms with Crippen LogP contribution in [0.4, 0.5) is 0 Å². The Kier molecular flexibility index (Phi) is 3.77. The van der Waals surface area contributed by atoms with E-state index in [1.165, 1.54) is 26.4 Å². The Balaban J connectivity index is 3.20. The highest BCUT2D eigenvalue weighted by Crippen LogP contribution is 2.39. The van der Waals surface area contributed by atoms with Gasteiger partial charge in [0.15, 0.2) is 11.5 Å². The lowest BCUT2D eigenvalue weighted by molar-refractivity contribution is -0.131. The van der Waals surface area contributed by atoms with E-state index in [9.17, 15) is 9.90 Å². The van der Waals surface area contributed by atoms with Gasteiger partial charge in [-0.05, 0) is 18.2 Å². The van der Waals surface area contributed by atoms with Crippen molar-refractivity contribution < 1.29 is 24.5 Å². The van der Waals surface area contributed by atoms with Crippen molar-refractivity contribution >= 4 is 12.0 Å². The summed E-state index contributed by atoms with van der Waals surface area (Å²) in [5, 5.41) is 18.2. The fourth-order valence-electron chi connectivity index (χ4n) is 1.24. The van der Waals surface area contributed by atoms with Gasteiger partial charge in [-0.25, -0.2) is 4.79 Å². The molecule has 0 heterocycles. The molecule has 1 aromatic carbocycles. The van der Waals surface area contributed by atoms with Crippen LogP contribution in [-0.2, 0) is 4.79 Å². The number of phenols is 1. The molecule has 0 bridgehead atoms. The SMILES string of the molecule is COc1ccc(/C=C/C(=O)O)c(OC)c1O. The van der Waals surface area contributed by atoms with Gasteiger partial charge >= 0.3 is 5.97 Å². The predicted octanol–water partition coefficient (Wildman–Crippen LogP) is 1.51. The summed E-state index contributed by atoms with van der Waals surface area (Å²) < 4.78 is 9.87. The highest BCUT2D eigenvalue weighted by molar-refractivity contribution is 5.86. The number of carboxylic acid groups (broad SMARTS) is 1. The molecule has 86 valence electrons. The number of ether oxygens (including phenoxy) is 2. The Labute approximate surface area is 92.5 Å². The molecule has 0 aliphatic heterocycles. The van der Waals surface area contributed by atoms with Crippen LogP contribution in [0, 0.1) is 0 Å². The summed E-state index contributed by atoms with van der Waals surface area (Å²) >= 11 is 0. The monoisotopic (exact) mass is 224 g/mol. The number of hydrogen-bond acceptors (Lipinski definition) is 4. The fourth-order valence-corrected chi connectivity index (χ4v) is 1.24. The number of methoxy groups -OCH3 is 2. The molecule has 1 rings (SSSR count). The molecular formula is C11H12O5. The lowest BCUT2D eigenvalue weighted by Gasteiger charge is -2.10. The summed E-state index contributed by atoms with van der Waals surface area (Å²) in [6.07, 6.45) is 2.30. The van der Waals surface area contributed by atoms with Crippen LogP contribution in [0.2, 0.25) is 0 Å². The summed E-state index contributed by atoms with van der Waals surface area (Å²) in [5.74, 6) is -0.781. The van der Waals surface area contributed by atoms with Crippen molar-refractivity contribution in [2.75, 3.05) is 14.2 Å². The highest BCUT2D eigenvalue weighted by atomic mass is 16.5. The first-order valence-electron chi connectivity index (χ1n) is 4.45. The number of carbonyl (C=O) groups is 1. The second kappa shape index (κ2) is 5.06. The molecule has 0 fully saturated rings. The van der Waals surface area contributed by atoms with Crippen LogP contribution >= 0.6 is 0 Å². The molecule has 0 amide bonds. The van der Waals surface area contributed by atoms with Crippen LogP contribution in [0.25, 0.3) is 6.08 Å². The van der Waals surface area contributed by atoms with Gasteiger partial charge in [-0.3, -0.25) is 0 Å². The van der Waals surface area contributed by atoms with E-state index in [1.54, 1.807) is 6.07 Å². The Morgan fingerprint density at radius 3 is 2.50 bits per heavy atom. The molecule has 0 unspecified atom stereocenters. The zero-order valence-corrected chi connectivity index (χ0v) is 8.93. The first-order chi connectivity index (χ1) is 7.60. The molecule has 5 nitrogen and oxygen atoms in total. The van der Waals surface area contributed by atoms with Crippen LogP contribution in [0.3, 0.4) is 0 Å². The summed E-state index contributed by atoms with van der Waals surface area (Å²) in [7, 11) is 2.80. The van der Waals surface area contributed by atoms with Crippen molar-refractivity contribution in [2.24, 2.45) is 0 Å². The maximum absolute atomic E-state index is 10.4. The first kappa shape index (κ1) is 11.9. The standard InChI is InChI=1S/C11H12O5/c1-15-8-5-3-7(4-6-9(12)13)11(16-2)10(8)14/h3-6,14H,1-2H3,(H,12,13)/b6-4+. The Hall–Kier alpha value is -2.17. The molecule has 1 aromatic rings. The van der Waals surface area contributed by atoms with Crippen LogP contribution in [0.15, 0.2) is 18.2 Å². The maximum Gasteiger partial charge on any atom is 0.328 e. The van der Waals surface area contributed by atoms with Crippen molar-refractivity contribution in [1.82, 2.24) is 0 Å². The summed E-state index contributed by atoms with van der Waals surface area (Å²) in [5.41, 5.74) is 0.461. The molecule has 2 N–H and O–H groups in total. The molecule has 0 atom stereocenters. The van der Waals surface area contributed by atoms with E-state index in [1.807, 2.05) is 0 Å². The number of aliphatic carboxylic acids is 1. The van der Waals surface area contributed by atoms with Gasteiger partial charge < -0.3 is 19.7 Å². The third-order valence-corrected chi connectivity index (χ3v) is 1.95. The molecule has 0 saturated carbocycles. The van der Waals surface area contributed by atoms with Crippen LogP contribution in [0.5, 0.6) is 17.2 Å². The van der Waals surface area contributed by atoms with Crippen molar-refractivity contribution in [3.63, 3.8) is 0 Å². The lowest BCUT2D eigenvalue weighted by Crippen LogP contribution is -1.92. The van der Waals surface area contributed by atoms with E-state index in [0.29, 0.717) is 5.56 Å². The molecule has 0 aromatic heterocycles. The van der Waals surface area contributed by atoms with Crippen molar-refractivity contribution in [3.8, 4) is 17.2 Å². The third-order valence-electron chi connectivity index (χ3n) is 1.95. The van der Waals surface area contributed by atoms with Crippen LogP contribution in [0.1, 0.15) is 5.56 Å². The molecule has 0 saturated heterocycles. The second-order valence-electron chi connectivity index (χ2n) is 2.91. The topological polar surface area (TPSA) is 76.0 Å². The zero-order valence-electron chi connectivity index (χ0n) is 8.93. The smallest absolute Gasteiger partial charge is 0.328 e. The first-order valence-corrected chi connectivity index (χ1v) is 4.45. The fraction of sp³-hybridized carbons (Fsp3) is 0.182. The van der Waals surface area contributed by atoms with Gasteiger partial charge in [-0.1, -0.05) is 0 Å². The number of hydrogen-bond donors (Lipinski definition) is 2. The minimum absolute atomic E-state index is 0.155. The number of benzene rings is 1. The largest absolute Gasteiger partial charge is 0.502 e. The summed E-state index contributed by atoms with van der Waals surface area (Å²) in [6, 6.07) is 3.12. The molecule has 0 radical (unpaired) electrons.